The molecule has 1 unspecified atom stereocenters. The van der Waals surface area contributed by atoms with Gasteiger partial charge >= 0.3 is 0 Å². The maximum Gasteiger partial charge on any atom is 0.255 e. The summed E-state index contributed by atoms with van der Waals surface area (Å²) in [4.78, 5) is 16.4. The van der Waals surface area contributed by atoms with E-state index < -0.39 is 0 Å². The molecule has 2 aromatic rings. The van der Waals surface area contributed by atoms with Crippen LogP contribution in [0.4, 0.5) is 5.13 Å². The number of hydrogen-bond acceptors (Lipinski definition) is 4. The summed E-state index contributed by atoms with van der Waals surface area (Å²) in [5, 5.41) is 5.47. The summed E-state index contributed by atoms with van der Waals surface area (Å²) < 4.78 is 5.35. The maximum absolute atomic E-state index is 11.9. The minimum Gasteiger partial charge on any atom is -0.368 e. The normalized spacial score (nSPS) is 18.1. The summed E-state index contributed by atoms with van der Waals surface area (Å²) in [6.07, 6.45) is 2.23. The third kappa shape index (κ3) is 3.23. The predicted octanol–water partition coefficient (Wildman–Crippen LogP) is 2.85. The maximum atomic E-state index is 11.9. The molecule has 1 aliphatic heterocycles. The van der Waals surface area contributed by atoms with E-state index in [-0.39, 0.29) is 12.0 Å². The quantitative estimate of drug-likeness (QED) is 0.941. The zero-order valence-corrected chi connectivity index (χ0v) is 11.9. The zero-order chi connectivity index (χ0) is 13.8. The largest absolute Gasteiger partial charge is 0.368 e. The van der Waals surface area contributed by atoms with E-state index in [1.807, 2.05) is 23.6 Å². The number of amides is 1. The van der Waals surface area contributed by atoms with Crippen LogP contribution < -0.4 is 5.32 Å². The molecule has 0 bridgehead atoms. The molecular weight excluding hydrogens is 272 g/mol. The van der Waals surface area contributed by atoms with Gasteiger partial charge in [0.25, 0.3) is 5.91 Å². The van der Waals surface area contributed by atoms with E-state index in [4.69, 9.17) is 4.74 Å². The van der Waals surface area contributed by atoms with Gasteiger partial charge in [-0.3, -0.25) is 10.1 Å². The van der Waals surface area contributed by atoms with E-state index in [9.17, 15) is 4.79 Å². The number of carbonyl (C=O) groups is 1. The second kappa shape index (κ2) is 6.15. The van der Waals surface area contributed by atoms with Crippen LogP contribution in [0.5, 0.6) is 0 Å². The van der Waals surface area contributed by atoms with Crippen molar-refractivity contribution in [3.05, 3.63) is 47.0 Å². The molecule has 1 aliphatic rings. The monoisotopic (exact) mass is 288 g/mol. The summed E-state index contributed by atoms with van der Waals surface area (Å²) in [7, 11) is 0. The van der Waals surface area contributed by atoms with Crippen molar-refractivity contribution in [2.75, 3.05) is 11.9 Å². The fourth-order valence-electron chi connectivity index (χ4n) is 2.22. The number of hydrogen-bond donors (Lipinski definition) is 1. The Balaban J connectivity index is 1.60. The van der Waals surface area contributed by atoms with Crippen molar-refractivity contribution in [2.45, 2.75) is 25.4 Å². The molecule has 0 radical (unpaired) electrons. The van der Waals surface area contributed by atoms with Gasteiger partial charge in [0.2, 0.25) is 0 Å². The third-order valence-electron chi connectivity index (χ3n) is 3.23. The Morgan fingerprint density at radius 1 is 1.40 bits per heavy atom. The number of rotatable bonds is 4. The molecule has 3 rings (SSSR count). The van der Waals surface area contributed by atoms with E-state index in [1.165, 1.54) is 16.9 Å². The molecule has 5 heteroatoms. The standard InChI is InChI=1S/C15H16N2O2S/c18-14(13-7-4-8-19-13)17-15-16-12(10-20-15)9-11-5-2-1-3-6-11/h1-3,5-6,10,13H,4,7-9H2,(H,16,17,18). The molecule has 2 heterocycles. The number of anilines is 1. The summed E-state index contributed by atoms with van der Waals surface area (Å²) in [5.41, 5.74) is 2.19. The van der Waals surface area contributed by atoms with Crippen LogP contribution in [0, 0.1) is 0 Å². The molecule has 104 valence electrons. The summed E-state index contributed by atoms with van der Waals surface area (Å²) >= 11 is 1.46. The first-order valence-corrected chi connectivity index (χ1v) is 7.60. The molecule has 1 saturated heterocycles. The van der Waals surface area contributed by atoms with Crippen molar-refractivity contribution >= 4 is 22.4 Å². The first-order valence-electron chi connectivity index (χ1n) is 6.72. The number of ether oxygens (including phenoxy) is 1. The molecule has 0 aliphatic carbocycles. The summed E-state index contributed by atoms with van der Waals surface area (Å²) in [6, 6.07) is 10.2. The Bertz CT molecular complexity index is 577. The fourth-order valence-corrected chi connectivity index (χ4v) is 2.93. The Kier molecular flexibility index (Phi) is 4.08. The van der Waals surface area contributed by atoms with Crippen LogP contribution in [0.15, 0.2) is 35.7 Å². The van der Waals surface area contributed by atoms with Crippen molar-refractivity contribution in [1.29, 1.82) is 0 Å². The number of benzene rings is 1. The van der Waals surface area contributed by atoms with Crippen LogP contribution in [-0.2, 0) is 16.0 Å². The number of nitrogens with zero attached hydrogens (tertiary/aromatic N) is 1. The number of nitrogens with one attached hydrogen (secondary N) is 1. The van der Waals surface area contributed by atoms with Gasteiger partial charge in [-0.2, -0.15) is 0 Å². The van der Waals surface area contributed by atoms with E-state index in [1.54, 1.807) is 0 Å². The van der Waals surface area contributed by atoms with Gasteiger partial charge in [-0.25, -0.2) is 4.98 Å². The first kappa shape index (κ1) is 13.3. The number of carbonyl (C=O) groups excluding carboxylic acids is 1. The van der Waals surface area contributed by atoms with Crippen LogP contribution >= 0.6 is 11.3 Å². The lowest BCUT2D eigenvalue weighted by molar-refractivity contribution is -0.124. The molecular formula is C15H16N2O2S. The second-order valence-electron chi connectivity index (χ2n) is 4.80. The van der Waals surface area contributed by atoms with Crippen LogP contribution in [0.2, 0.25) is 0 Å². The number of thiazole rings is 1. The highest BCUT2D eigenvalue weighted by molar-refractivity contribution is 7.13. The van der Waals surface area contributed by atoms with Crippen LogP contribution in [0.25, 0.3) is 0 Å². The highest BCUT2D eigenvalue weighted by Crippen LogP contribution is 2.20. The topological polar surface area (TPSA) is 51.2 Å². The SMILES string of the molecule is O=C(Nc1nc(Cc2ccccc2)cs1)C1CCCO1. The van der Waals surface area contributed by atoms with Crippen molar-refractivity contribution in [3.8, 4) is 0 Å². The molecule has 0 saturated carbocycles. The number of aromatic nitrogens is 1. The molecule has 1 amide bonds. The molecule has 1 aromatic carbocycles. The van der Waals surface area contributed by atoms with Crippen molar-refractivity contribution in [2.24, 2.45) is 0 Å². The third-order valence-corrected chi connectivity index (χ3v) is 4.04. The highest BCUT2D eigenvalue weighted by atomic mass is 32.1. The second-order valence-corrected chi connectivity index (χ2v) is 5.66. The molecule has 20 heavy (non-hydrogen) atoms. The van der Waals surface area contributed by atoms with Crippen LogP contribution in [0.1, 0.15) is 24.1 Å². The lowest BCUT2D eigenvalue weighted by atomic mass is 10.1. The lowest BCUT2D eigenvalue weighted by Crippen LogP contribution is -2.26. The average molecular weight is 288 g/mol. The van der Waals surface area contributed by atoms with Gasteiger partial charge in [-0.1, -0.05) is 30.3 Å². The van der Waals surface area contributed by atoms with Gasteiger partial charge in [0, 0.05) is 18.4 Å². The van der Waals surface area contributed by atoms with Gasteiger partial charge in [0.15, 0.2) is 5.13 Å². The minimum atomic E-state index is -0.309. The first-order chi connectivity index (χ1) is 9.81. The van der Waals surface area contributed by atoms with Crippen molar-refractivity contribution in [1.82, 2.24) is 4.98 Å². The van der Waals surface area contributed by atoms with Crippen LogP contribution in [-0.4, -0.2) is 23.6 Å². The van der Waals surface area contributed by atoms with Crippen molar-refractivity contribution < 1.29 is 9.53 Å². The Morgan fingerprint density at radius 2 is 2.25 bits per heavy atom. The molecule has 1 atom stereocenters. The van der Waals surface area contributed by atoms with E-state index in [0.717, 1.165) is 25.0 Å². The molecule has 1 aromatic heterocycles. The fraction of sp³-hybridized carbons (Fsp3) is 0.333. The Morgan fingerprint density at radius 3 is 3.00 bits per heavy atom. The lowest BCUT2D eigenvalue weighted by Gasteiger charge is -2.07. The molecule has 1 N–H and O–H groups in total. The van der Waals surface area contributed by atoms with Gasteiger partial charge in [-0.05, 0) is 18.4 Å². The highest BCUT2D eigenvalue weighted by Gasteiger charge is 2.24. The van der Waals surface area contributed by atoms with E-state index in [2.05, 4.69) is 22.4 Å². The average Bonchev–Trinajstić information content (AvgIpc) is 3.11. The Labute approximate surface area is 121 Å². The molecule has 0 spiro atoms. The molecule has 4 nitrogen and oxygen atoms in total. The van der Waals surface area contributed by atoms with Crippen molar-refractivity contribution in [3.63, 3.8) is 0 Å². The van der Waals surface area contributed by atoms with Gasteiger partial charge in [-0.15, -0.1) is 11.3 Å². The minimum absolute atomic E-state index is 0.0805. The Hall–Kier alpha value is -1.72. The van der Waals surface area contributed by atoms with Gasteiger partial charge < -0.3 is 4.74 Å². The zero-order valence-electron chi connectivity index (χ0n) is 11.0. The summed E-state index contributed by atoms with van der Waals surface area (Å²) in [5.74, 6) is -0.0805. The predicted molar refractivity (Wildman–Crippen MR) is 79.0 cm³/mol. The summed E-state index contributed by atoms with van der Waals surface area (Å²) in [6.45, 7) is 0.676. The van der Waals surface area contributed by atoms with Gasteiger partial charge in [0.1, 0.15) is 6.10 Å². The van der Waals surface area contributed by atoms with E-state index >= 15 is 0 Å². The van der Waals surface area contributed by atoms with Crippen LogP contribution in [0.3, 0.4) is 0 Å². The molecule has 1 fully saturated rings. The van der Waals surface area contributed by atoms with E-state index in [0.29, 0.717) is 11.7 Å². The van der Waals surface area contributed by atoms with Gasteiger partial charge in [0.05, 0.1) is 5.69 Å². The smallest absolute Gasteiger partial charge is 0.255 e.